The number of unbranched alkanes of at least 4 members (excludes halogenated alkanes) is 14. The average Bonchev–Trinajstić information content (AvgIpc) is 2.73. The van der Waals surface area contributed by atoms with Gasteiger partial charge in [0.05, 0.1) is 7.11 Å². The van der Waals surface area contributed by atoms with Crippen LogP contribution in [0.15, 0.2) is 0 Å². The van der Waals surface area contributed by atoms with Gasteiger partial charge in [-0.25, -0.2) is 4.79 Å². The Hall–Kier alpha value is -0.590. The number of nitrogens with one attached hydrogen (secondary N) is 1. The number of carboxylic acids is 1. The van der Waals surface area contributed by atoms with E-state index in [0.717, 1.165) is 19.3 Å². The molecule has 0 aliphatic heterocycles. The Balaban J connectivity index is 0. The second-order valence-corrected chi connectivity index (χ2v) is 8.27. The van der Waals surface area contributed by atoms with Gasteiger partial charge < -0.3 is 15.2 Å². The van der Waals surface area contributed by atoms with Gasteiger partial charge >= 0.3 is 41.5 Å². The van der Waals surface area contributed by atoms with Crippen molar-refractivity contribution in [1.29, 1.82) is 0 Å². The van der Waals surface area contributed by atoms with Crippen LogP contribution < -0.4 is 5.32 Å². The molecule has 6 nitrogen and oxygen atoms in total. The Labute approximate surface area is 211 Å². The number of rotatable bonds is 21. The van der Waals surface area contributed by atoms with Crippen molar-refractivity contribution < 1.29 is 24.2 Å². The summed E-state index contributed by atoms with van der Waals surface area (Å²) in [5.41, 5.74) is 0. The van der Waals surface area contributed by atoms with E-state index in [2.05, 4.69) is 17.0 Å². The number of esters is 1. The number of hydrogen-bond donors (Lipinski definition) is 2. The fourth-order valence-electron chi connectivity index (χ4n) is 3.55. The van der Waals surface area contributed by atoms with E-state index in [0.29, 0.717) is 6.42 Å². The Morgan fingerprint density at radius 3 is 1.55 bits per heavy atom. The fourth-order valence-corrected chi connectivity index (χ4v) is 3.55. The number of ether oxygens (including phenoxy) is 1. The quantitative estimate of drug-likeness (QED) is 0.143. The van der Waals surface area contributed by atoms with Gasteiger partial charge in [0.15, 0.2) is 0 Å². The second-order valence-electron chi connectivity index (χ2n) is 8.27. The van der Waals surface area contributed by atoms with Crippen molar-refractivity contribution in [2.45, 2.75) is 129 Å². The van der Waals surface area contributed by atoms with Crippen molar-refractivity contribution in [3.8, 4) is 0 Å². The molecule has 0 aliphatic carbocycles. The van der Waals surface area contributed by atoms with Crippen LogP contribution in [0.2, 0.25) is 0 Å². The second kappa shape index (κ2) is 24.1. The van der Waals surface area contributed by atoms with Crippen molar-refractivity contribution in [2.75, 3.05) is 7.11 Å². The molecule has 1 atom stereocenters. The van der Waals surface area contributed by atoms with E-state index in [1.54, 1.807) is 0 Å². The van der Waals surface area contributed by atoms with Gasteiger partial charge in [0.2, 0.25) is 5.91 Å². The van der Waals surface area contributed by atoms with Gasteiger partial charge in [0.1, 0.15) is 6.04 Å². The number of hydrogen-bond acceptors (Lipinski definition) is 4. The van der Waals surface area contributed by atoms with E-state index < -0.39 is 18.0 Å². The van der Waals surface area contributed by atoms with Crippen molar-refractivity contribution in [1.82, 2.24) is 5.32 Å². The van der Waals surface area contributed by atoms with Gasteiger partial charge in [-0.2, -0.15) is 0 Å². The van der Waals surface area contributed by atoms with E-state index in [-0.39, 0.29) is 48.3 Å². The van der Waals surface area contributed by atoms with Crippen molar-refractivity contribution in [2.24, 2.45) is 0 Å². The third-order valence-electron chi connectivity index (χ3n) is 5.51. The summed E-state index contributed by atoms with van der Waals surface area (Å²) >= 11 is 0. The van der Waals surface area contributed by atoms with Gasteiger partial charge in [-0.1, -0.05) is 96.8 Å². The molecule has 0 rings (SSSR count). The number of carbonyl (C=O) groups is 3. The molecule has 0 saturated heterocycles. The first-order chi connectivity index (χ1) is 14.5. The molecule has 0 aliphatic rings. The van der Waals surface area contributed by atoms with Crippen LogP contribution in [0.3, 0.4) is 0 Å². The molecule has 0 saturated carbocycles. The molecule has 0 heterocycles. The van der Waals surface area contributed by atoms with Crippen molar-refractivity contribution in [3.05, 3.63) is 0 Å². The molecule has 7 heteroatoms. The minimum absolute atomic E-state index is 0. The zero-order valence-electron chi connectivity index (χ0n) is 19.4. The molecule has 31 heavy (non-hydrogen) atoms. The first kappa shape index (κ1) is 32.6. The first-order valence-electron chi connectivity index (χ1n) is 12.1. The van der Waals surface area contributed by atoms with Crippen LogP contribution in [0.5, 0.6) is 0 Å². The average molecular weight is 452 g/mol. The molecule has 2 N–H and O–H groups in total. The zero-order valence-corrected chi connectivity index (χ0v) is 19.4. The summed E-state index contributed by atoms with van der Waals surface area (Å²) in [7, 11) is 1.26. The number of aliphatic carboxylic acids is 1. The standard InChI is InChI=1S/C24H45NO5.Na.H/c1-3-4-5-6-7-8-9-10-11-12-13-14-15-16-17-18-22(26)25-21(24(28)29)19-20-23(27)30-2;;/h21H,3-20H2,1-2H3,(H,25,26)(H,28,29);;/t21-;;/m0../s1. The number of carboxylic acid groups (broad SMARTS) is 1. The Bertz CT molecular complexity index is 459. The van der Waals surface area contributed by atoms with E-state index in [1.807, 2.05) is 0 Å². The molecule has 0 aromatic rings. The third-order valence-corrected chi connectivity index (χ3v) is 5.51. The van der Waals surface area contributed by atoms with Gasteiger partial charge in [0.25, 0.3) is 0 Å². The Kier molecular flexibility index (Phi) is 25.3. The van der Waals surface area contributed by atoms with Gasteiger partial charge in [0, 0.05) is 12.8 Å². The van der Waals surface area contributed by atoms with E-state index in [1.165, 1.54) is 84.2 Å². The predicted molar refractivity (Wildman–Crippen MR) is 128 cm³/mol. The maximum absolute atomic E-state index is 11.9. The molecule has 178 valence electrons. The van der Waals surface area contributed by atoms with E-state index >= 15 is 0 Å². The number of carbonyl (C=O) groups excluding carboxylic acids is 2. The summed E-state index contributed by atoms with van der Waals surface area (Å²) in [6.07, 6.45) is 19.3. The van der Waals surface area contributed by atoms with Crippen molar-refractivity contribution in [3.63, 3.8) is 0 Å². The minimum atomic E-state index is -1.12. The Morgan fingerprint density at radius 1 is 0.742 bits per heavy atom. The molecule has 0 fully saturated rings. The van der Waals surface area contributed by atoms with Crippen LogP contribution in [0.4, 0.5) is 0 Å². The van der Waals surface area contributed by atoms with Crippen LogP contribution in [0.25, 0.3) is 0 Å². The van der Waals surface area contributed by atoms with Gasteiger partial charge in [-0.3, -0.25) is 9.59 Å². The summed E-state index contributed by atoms with van der Waals surface area (Å²) in [5, 5.41) is 11.6. The molecule has 0 unspecified atom stereocenters. The summed E-state index contributed by atoms with van der Waals surface area (Å²) in [6, 6.07) is -1.03. The third kappa shape index (κ3) is 22.4. The molecule has 0 aromatic heterocycles. The molecule has 1 amide bonds. The summed E-state index contributed by atoms with van der Waals surface area (Å²) in [4.78, 5) is 34.2. The van der Waals surface area contributed by atoms with Crippen LogP contribution in [-0.4, -0.2) is 65.7 Å². The van der Waals surface area contributed by atoms with Crippen LogP contribution in [0, 0.1) is 0 Å². The molecular weight excluding hydrogens is 405 g/mol. The molecule has 0 spiro atoms. The first-order valence-corrected chi connectivity index (χ1v) is 12.1. The molecule has 0 aromatic carbocycles. The maximum atomic E-state index is 11.9. The van der Waals surface area contributed by atoms with Gasteiger partial charge in [-0.05, 0) is 12.8 Å². The summed E-state index contributed by atoms with van der Waals surface area (Å²) in [6.45, 7) is 2.26. The Morgan fingerprint density at radius 2 is 1.16 bits per heavy atom. The van der Waals surface area contributed by atoms with Gasteiger partial charge in [-0.15, -0.1) is 0 Å². The van der Waals surface area contributed by atoms with Crippen LogP contribution >= 0.6 is 0 Å². The normalized spacial score (nSPS) is 11.4. The van der Waals surface area contributed by atoms with Crippen LogP contribution in [0.1, 0.15) is 122 Å². The fraction of sp³-hybridized carbons (Fsp3) is 0.875. The van der Waals surface area contributed by atoms with E-state index in [9.17, 15) is 14.4 Å². The summed E-state index contributed by atoms with van der Waals surface area (Å²) < 4.78 is 4.50. The molecule has 0 bridgehead atoms. The monoisotopic (exact) mass is 451 g/mol. The molecule has 0 radical (unpaired) electrons. The van der Waals surface area contributed by atoms with Crippen molar-refractivity contribution >= 4 is 47.4 Å². The zero-order chi connectivity index (χ0) is 22.5. The molecular formula is C24H46NNaO5. The SMILES string of the molecule is CCCCCCCCCCCCCCCCCC(=O)N[C@@H](CCC(=O)OC)C(=O)O.[NaH]. The number of amides is 1. The van der Waals surface area contributed by atoms with E-state index in [4.69, 9.17) is 5.11 Å². The summed E-state index contributed by atoms with van der Waals surface area (Å²) in [5.74, 6) is -1.86. The predicted octanol–water partition coefficient (Wildman–Crippen LogP) is 5.12. The van der Waals surface area contributed by atoms with Crippen LogP contribution in [-0.2, 0) is 19.1 Å². The topological polar surface area (TPSA) is 92.7 Å². The number of methoxy groups -OCH3 is 1.